The molecule has 7 heteroatoms. The van der Waals surface area contributed by atoms with Gasteiger partial charge in [0, 0.05) is 42.3 Å². The number of carbonyl (C=O) groups is 3. The van der Waals surface area contributed by atoms with Gasteiger partial charge in [0.15, 0.2) is 0 Å². The summed E-state index contributed by atoms with van der Waals surface area (Å²) in [4.78, 5) is 39.7. The molecule has 1 heterocycles. The van der Waals surface area contributed by atoms with Crippen molar-refractivity contribution in [3.05, 3.63) is 71.8 Å². The molecule has 3 aromatic carbocycles. The highest BCUT2D eigenvalue weighted by Crippen LogP contribution is 2.30. The van der Waals surface area contributed by atoms with E-state index in [0.717, 1.165) is 29.4 Å². The highest BCUT2D eigenvalue weighted by Gasteiger charge is 2.30. The van der Waals surface area contributed by atoms with Gasteiger partial charge in [-0.15, -0.1) is 0 Å². The topological polar surface area (TPSA) is 87.7 Å². The van der Waals surface area contributed by atoms with Crippen LogP contribution in [-0.4, -0.2) is 49.9 Å². The van der Waals surface area contributed by atoms with Gasteiger partial charge >= 0.3 is 0 Å². The Hall–Kier alpha value is -3.87. The lowest BCUT2D eigenvalue weighted by Crippen LogP contribution is -2.43. The van der Waals surface area contributed by atoms with Crippen molar-refractivity contribution < 1.29 is 19.1 Å². The van der Waals surface area contributed by atoms with E-state index in [9.17, 15) is 14.4 Å². The van der Waals surface area contributed by atoms with E-state index in [2.05, 4.69) is 10.6 Å². The number of amides is 3. The Kier molecular flexibility index (Phi) is 6.58. The number of nitrogens with one attached hydrogen (secondary N) is 2. The second-order valence-electron chi connectivity index (χ2n) is 8.10. The zero-order valence-electron chi connectivity index (χ0n) is 18.8. The first-order valence-corrected chi connectivity index (χ1v) is 11.0. The van der Waals surface area contributed by atoms with E-state index >= 15 is 0 Å². The number of hydrogen-bond acceptors (Lipinski definition) is 4. The molecule has 1 aliphatic heterocycles. The van der Waals surface area contributed by atoms with Crippen molar-refractivity contribution >= 4 is 34.2 Å². The minimum Gasteiger partial charge on any atom is -0.496 e. The standard InChI is InChI=1S/C26H27N3O4/c1-27-24(30)17-9-11-19(12-10-17)28-25(31)18-6-5-15-29(16-18)26(32)22-13-14-23(33-2)21-8-4-3-7-20(21)22/h3-4,7-14,18H,5-6,15-16H2,1-2H3,(H,27,30)(H,28,31)/t18-/m1/s1. The Morgan fingerprint density at radius 1 is 0.970 bits per heavy atom. The number of fused-ring (bicyclic) bond motifs is 1. The largest absolute Gasteiger partial charge is 0.496 e. The van der Waals surface area contributed by atoms with Gasteiger partial charge in [0.2, 0.25) is 5.91 Å². The van der Waals surface area contributed by atoms with Crippen molar-refractivity contribution in [1.82, 2.24) is 10.2 Å². The maximum Gasteiger partial charge on any atom is 0.254 e. The van der Waals surface area contributed by atoms with E-state index in [1.165, 1.54) is 0 Å². The molecule has 1 atom stereocenters. The van der Waals surface area contributed by atoms with Crippen LogP contribution in [0.5, 0.6) is 5.75 Å². The summed E-state index contributed by atoms with van der Waals surface area (Å²) in [7, 11) is 3.19. The van der Waals surface area contributed by atoms with E-state index in [4.69, 9.17) is 4.74 Å². The summed E-state index contributed by atoms with van der Waals surface area (Å²) >= 11 is 0. The van der Waals surface area contributed by atoms with Crippen LogP contribution >= 0.6 is 0 Å². The number of piperidine rings is 1. The number of ether oxygens (including phenoxy) is 1. The van der Waals surface area contributed by atoms with Crippen molar-refractivity contribution in [2.75, 3.05) is 32.6 Å². The van der Waals surface area contributed by atoms with Gasteiger partial charge in [-0.3, -0.25) is 14.4 Å². The lowest BCUT2D eigenvalue weighted by atomic mass is 9.95. The Balaban J connectivity index is 1.47. The van der Waals surface area contributed by atoms with Gasteiger partial charge in [0.25, 0.3) is 11.8 Å². The summed E-state index contributed by atoms with van der Waals surface area (Å²) < 4.78 is 5.44. The molecule has 0 radical (unpaired) electrons. The molecule has 0 bridgehead atoms. The number of hydrogen-bond donors (Lipinski definition) is 2. The predicted octanol–water partition coefficient (Wildman–Crippen LogP) is 3.70. The second kappa shape index (κ2) is 9.73. The average Bonchev–Trinajstić information content (AvgIpc) is 2.87. The number of anilines is 1. The van der Waals surface area contributed by atoms with Gasteiger partial charge < -0.3 is 20.3 Å². The summed E-state index contributed by atoms with van der Waals surface area (Å²) in [6.45, 7) is 0.977. The van der Waals surface area contributed by atoms with E-state index in [0.29, 0.717) is 29.9 Å². The van der Waals surface area contributed by atoms with E-state index in [-0.39, 0.29) is 23.6 Å². The van der Waals surface area contributed by atoms with Crippen LogP contribution in [0.2, 0.25) is 0 Å². The molecule has 3 aromatic rings. The number of likely N-dealkylation sites (tertiary alicyclic amines) is 1. The summed E-state index contributed by atoms with van der Waals surface area (Å²) in [6, 6.07) is 18.0. The van der Waals surface area contributed by atoms with Gasteiger partial charge in [-0.1, -0.05) is 24.3 Å². The molecular formula is C26H27N3O4. The van der Waals surface area contributed by atoms with Gasteiger partial charge in [-0.05, 0) is 54.6 Å². The molecule has 1 aliphatic rings. The van der Waals surface area contributed by atoms with Crippen molar-refractivity contribution in [3.63, 3.8) is 0 Å². The fourth-order valence-electron chi connectivity index (χ4n) is 4.28. The molecular weight excluding hydrogens is 418 g/mol. The normalized spacial score (nSPS) is 15.7. The molecule has 0 saturated carbocycles. The van der Waals surface area contributed by atoms with E-state index < -0.39 is 0 Å². The number of methoxy groups -OCH3 is 1. The third-order valence-electron chi connectivity index (χ3n) is 6.06. The minimum absolute atomic E-state index is 0.0821. The monoisotopic (exact) mass is 445 g/mol. The quantitative estimate of drug-likeness (QED) is 0.627. The summed E-state index contributed by atoms with van der Waals surface area (Å²) in [5, 5.41) is 7.21. The molecule has 0 unspecified atom stereocenters. The fraction of sp³-hybridized carbons (Fsp3) is 0.269. The maximum absolute atomic E-state index is 13.4. The minimum atomic E-state index is -0.300. The van der Waals surface area contributed by atoms with Crippen LogP contribution in [0.25, 0.3) is 10.8 Å². The third-order valence-corrected chi connectivity index (χ3v) is 6.06. The Morgan fingerprint density at radius 2 is 1.70 bits per heavy atom. The zero-order valence-corrected chi connectivity index (χ0v) is 18.8. The van der Waals surface area contributed by atoms with Gasteiger partial charge in [-0.2, -0.15) is 0 Å². The van der Waals surface area contributed by atoms with Crippen LogP contribution in [0.3, 0.4) is 0 Å². The first-order valence-electron chi connectivity index (χ1n) is 11.0. The predicted molar refractivity (Wildman–Crippen MR) is 128 cm³/mol. The number of nitrogens with zero attached hydrogens (tertiary/aromatic N) is 1. The summed E-state index contributed by atoms with van der Waals surface area (Å²) in [5.74, 6) is 0.0350. The third kappa shape index (κ3) is 4.67. The highest BCUT2D eigenvalue weighted by atomic mass is 16.5. The van der Waals surface area contributed by atoms with Crippen LogP contribution in [-0.2, 0) is 4.79 Å². The van der Waals surface area contributed by atoms with Crippen LogP contribution in [0.1, 0.15) is 33.6 Å². The molecule has 0 spiro atoms. The fourth-order valence-corrected chi connectivity index (χ4v) is 4.28. The number of benzene rings is 3. The Morgan fingerprint density at radius 3 is 2.39 bits per heavy atom. The molecule has 2 N–H and O–H groups in total. The summed E-state index contributed by atoms with van der Waals surface area (Å²) in [5.41, 5.74) is 1.76. The SMILES string of the molecule is CNC(=O)c1ccc(NC(=O)[C@@H]2CCCN(C(=O)c3ccc(OC)c4ccccc34)C2)cc1. The van der Waals surface area contributed by atoms with Crippen LogP contribution in [0.4, 0.5) is 5.69 Å². The highest BCUT2D eigenvalue weighted by molar-refractivity contribution is 6.09. The lowest BCUT2D eigenvalue weighted by molar-refractivity contribution is -0.121. The number of rotatable bonds is 5. The first kappa shape index (κ1) is 22.3. The van der Waals surface area contributed by atoms with Crippen molar-refractivity contribution in [2.45, 2.75) is 12.8 Å². The first-order chi connectivity index (χ1) is 16.0. The average molecular weight is 446 g/mol. The van der Waals surface area contributed by atoms with Crippen LogP contribution in [0.15, 0.2) is 60.7 Å². The second-order valence-corrected chi connectivity index (χ2v) is 8.10. The van der Waals surface area contributed by atoms with Crippen molar-refractivity contribution in [1.29, 1.82) is 0 Å². The van der Waals surface area contributed by atoms with E-state index in [1.54, 1.807) is 49.4 Å². The molecule has 0 aliphatic carbocycles. The molecule has 1 fully saturated rings. The maximum atomic E-state index is 13.4. The molecule has 7 nitrogen and oxygen atoms in total. The molecule has 3 amide bonds. The van der Waals surface area contributed by atoms with Crippen molar-refractivity contribution in [3.8, 4) is 5.75 Å². The molecule has 33 heavy (non-hydrogen) atoms. The van der Waals surface area contributed by atoms with Gasteiger partial charge in [0.05, 0.1) is 13.0 Å². The Bertz CT molecular complexity index is 1190. The lowest BCUT2D eigenvalue weighted by Gasteiger charge is -2.32. The molecule has 1 saturated heterocycles. The van der Waals surface area contributed by atoms with Crippen LogP contribution < -0.4 is 15.4 Å². The molecule has 170 valence electrons. The summed E-state index contributed by atoms with van der Waals surface area (Å²) in [6.07, 6.45) is 1.48. The molecule has 4 rings (SSSR count). The van der Waals surface area contributed by atoms with Gasteiger partial charge in [0.1, 0.15) is 5.75 Å². The zero-order chi connectivity index (χ0) is 23.4. The van der Waals surface area contributed by atoms with E-state index in [1.807, 2.05) is 30.3 Å². The van der Waals surface area contributed by atoms with Gasteiger partial charge in [-0.25, -0.2) is 0 Å². The smallest absolute Gasteiger partial charge is 0.254 e. The number of carbonyl (C=O) groups excluding carboxylic acids is 3. The molecule has 0 aromatic heterocycles. The van der Waals surface area contributed by atoms with Crippen molar-refractivity contribution in [2.24, 2.45) is 5.92 Å². The Labute approximate surface area is 192 Å². The van der Waals surface area contributed by atoms with Crippen LogP contribution in [0, 0.1) is 5.92 Å².